The van der Waals surface area contributed by atoms with Crippen molar-refractivity contribution < 1.29 is 4.79 Å². The van der Waals surface area contributed by atoms with Crippen LogP contribution in [0.15, 0.2) is 47.3 Å². The molecule has 144 valence electrons. The van der Waals surface area contributed by atoms with Crippen LogP contribution in [0, 0.1) is 0 Å². The van der Waals surface area contributed by atoms with E-state index in [1.54, 1.807) is 27.1 Å². The molecule has 0 aliphatic heterocycles. The van der Waals surface area contributed by atoms with E-state index in [9.17, 15) is 9.59 Å². The zero-order valence-electron chi connectivity index (χ0n) is 15.6. The van der Waals surface area contributed by atoms with Gasteiger partial charge in [0.2, 0.25) is 5.91 Å². The van der Waals surface area contributed by atoms with E-state index in [0.717, 1.165) is 21.3 Å². The van der Waals surface area contributed by atoms with Gasteiger partial charge in [0.15, 0.2) is 5.13 Å². The molecule has 0 aliphatic carbocycles. The summed E-state index contributed by atoms with van der Waals surface area (Å²) < 4.78 is 4.24. The highest BCUT2D eigenvalue weighted by molar-refractivity contribution is 7.22. The van der Waals surface area contributed by atoms with Gasteiger partial charge in [0.1, 0.15) is 0 Å². The van der Waals surface area contributed by atoms with E-state index >= 15 is 0 Å². The van der Waals surface area contributed by atoms with Crippen LogP contribution in [0.25, 0.3) is 21.3 Å². The second-order valence-electron chi connectivity index (χ2n) is 6.48. The number of anilines is 1. The van der Waals surface area contributed by atoms with Crippen LogP contribution in [-0.4, -0.2) is 26.6 Å². The van der Waals surface area contributed by atoms with Gasteiger partial charge in [-0.3, -0.25) is 18.8 Å². The van der Waals surface area contributed by atoms with E-state index in [-0.39, 0.29) is 18.0 Å². The lowest BCUT2D eigenvalue weighted by molar-refractivity contribution is -0.118. The number of aromatic nitrogens is 3. The molecule has 8 heteroatoms. The molecule has 1 amide bonds. The summed E-state index contributed by atoms with van der Waals surface area (Å²) >= 11 is 7.50. The molecule has 0 unspecified atom stereocenters. The lowest BCUT2D eigenvalue weighted by Gasteiger charge is -2.17. The zero-order chi connectivity index (χ0) is 19.8. The minimum atomic E-state index is -0.119. The third-order valence-electron chi connectivity index (χ3n) is 4.79. The number of carbonyl (C=O) groups excluding carboxylic acids is 1. The first-order chi connectivity index (χ1) is 13.5. The van der Waals surface area contributed by atoms with Crippen molar-refractivity contribution in [3.05, 3.63) is 58.0 Å². The number of hydrogen-bond acceptors (Lipinski definition) is 4. The molecule has 0 N–H and O–H groups in total. The van der Waals surface area contributed by atoms with Gasteiger partial charge in [0, 0.05) is 31.6 Å². The first-order valence-corrected chi connectivity index (χ1v) is 10.2. The summed E-state index contributed by atoms with van der Waals surface area (Å²) in [5.74, 6) is -0.0625. The Bertz CT molecular complexity index is 1240. The van der Waals surface area contributed by atoms with Gasteiger partial charge in [-0.15, -0.1) is 0 Å². The van der Waals surface area contributed by atoms with Crippen LogP contribution in [0.5, 0.6) is 0 Å². The van der Waals surface area contributed by atoms with Crippen LogP contribution in [0.2, 0.25) is 5.02 Å². The van der Waals surface area contributed by atoms with Crippen LogP contribution in [-0.2, 0) is 18.4 Å². The molecule has 0 saturated carbocycles. The number of benzene rings is 2. The molecule has 28 heavy (non-hydrogen) atoms. The van der Waals surface area contributed by atoms with Gasteiger partial charge in [0.25, 0.3) is 0 Å². The van der Waals surface area contributed by atoms with E-state index < -0.39 is 0 Å². The molecule has 0 spiro atoms. The summed E-state index contributed by atoms with van der Waals surface area (Å²) in [6, 6.07) is 13.1. The topological polar surface area (TPSA) is 60.1 Å². The van der Waals surface area contributed by atoms with Gasteiger partial charge in [-0.2, -0.15) is 0 Å². The number of rotatable bonds is 5. The van der Waals surface area contributed by atoms with E-state index in [2.05, 4.69) is 4.98 Å². The first kappa shape index (κ1) is 18.7. The van der Waals surface area contributed by atoms with Crippen LogP contribution < -0.4 is 10.6 Å². The molecule has 0 saturated heterocycles. The molecule has 0 fully saturated rings. The van der Waals surface area contributed by atoms with Crippen LogP contribution in [0.1, 0.15) is 13.3 Å². The Labute approximate surface area is 170 Å². The number of amides is 1. The van der Waals surface area contributed by atoms with Gasteiger partial charge in [-0.25, -0.2) is 9.78 Å². The molecule has 0 aliphatic rings. The Kier molecular flexibility index (Phi) is 4.95. The predicted octanol–water partition coefficient (Wildman–Crippen LogP) is 4.05. The fourth-order valence-corrected chi connectivity index (χ4v) is 4.54. The lowest BCUT2D eigenvalue weighted by atomic mass is 10.3. The maximum Gasteiger partial charge on any atom is 0.328 e. The molecule has 4 aromatic rings. The molecule has 0 atom stereocenters. The number of hydrogen-bond donors (Lipinski definition) is 0. The van der Waals surface area contributed by atoms with Crippen molar-refractivity contribution in [3.8, 4) is 0 Å². The maximum absolute atomic E-state index is 12.9. The quantitative estimate of drug-likeness (QED) is 0.495. The lowest BCUT2D eigenvalue weighted by Crippen LogP contribution is -2.32. The smallest absolute Gasteiger partial charge is 0.295 e. The Hall–Kier alpha value is -2.64. The van der Waals surface area contributed by atoms with Crippen LogP contribution >= 0.6 is 22.9 Å². The second-order valence-corrected chi connectivity index (χ2v) is 7.92. The summed E-state index contributed by atoms with van der Waals surface area (Å²) in [6.07, 6.45) is 0.221. The average Bonchev–Trinajstić information content (AvgIpc) is 3.20. The largest absolute Gasteiger partial charge is 0.328 e. The Morgan fingerprint density at radius 3 is 2.71 bits per heavy atom. The highest BCUT2D eigenvalue weighted by Gasteiger charge is 2.19. The van der Waals surface area contributed by atoms with E-state index in [1.165, 1.54) is 11.3 Å². The molecule has 2 heterocycles. The Morgan fingerprint density at radius 2 is 1.96 bits per heavy atom. The van der Waals surface area contributed by atoms with Crippen molar-refractivity contribution in [2.45, 2.75) is 19.9 Å². The van der Waals surface area contributed by atoms with Crippen molar-refractivity contribution in [3.63, 3.8) is 0 Å². The normalized spacial score (nSPS) is 11.4. The van der Waals surface area contributed by atoms with Crippen LogP contribution in [0.3, 0.4) is 0 Å². The number of imidazole rings is 1. The minimum absolute atomic E-state index is 0.0625. The zero-order valence-corrected chi connectivity index (χ0v) is 17.1. The van der Waals surface area contributed by atoms with Gasteiger partial charge in [-0.1, -0.05) is 35.1 Å². The number of para-hydroxylation sites is 2. The van der Waals surface area contributed by atoms with Gasteiger partial charge in [0.05, 0.1) is 21.3 Å². The van der Waals surface area contributed by atoms with Crippen molar-refractivity contribution in [1.29, 1.82) is 0 Å². The summed E-state index contributed by atoms with van der Waals surface area (Å²) in [4.78, 5) is 31.6. The molecular formula is C20H19ClN4O2S. The number of nitrogens with zero attached hydrogens (tertiary/aromatic N) is 4. The van der Waals surface area contributed by atoms with E-state index in [0.29, 0.717) is 23.2 Å². The number of fused-ring (bicyclic) bond motifs is 2. The van der Waals surface area contributed by atoms with Gasteiger partial charge in [-0.05, 0) is 37.3 Å². The minimum Gasteiger partial charge on any atom is -0.295 e. The third-order valence-corrected chi connectivity index (χ3v) is 6.08. The fourth-order valence-electron chi connectivity index (χ4n) is 3.34. The Morgan fingerprint density at radius 1 is 1.21 bits per heavy atom. The number of thiazole rings is 1. The van der Waals surface area contributed by atoms with Crippen molar-refractivity contribution in [2.24, 2.45) is 7.05 Å². The monoisotopic (exact) mass is 414 g/mol. The molecule has 6 nitrogen and oxygen atoms in total. The third kappa shape index (κ3) is 3.21. The predicted molar refractivity (Wildman–Crippen MR) is 114 cm³/mol. The fraction of sp³-hybridized carbons (Fsp3) is 0.250. The summed E-state index contributed by atoms with van der Waals surface area (Å²) in [5, 5.41) is 1.27. The van der Waals surface area contributed by atoms with E-state index in [4.69, 9.17) is 11.6 Å². The summed E-state index contributed by atoms with van der Waals surface area (Å²) in [7, 11) is 1.74. The first-order valence-electron chi connectivity index (χ1n) is 9.00. The molecule has 0 bridgehead atoms. The molecular weight excluding hydrogens is 396 g/mol. The van der Waals surface area contributed by atoms with Gasteiger partial charge >= 0.3 is 5.69 Å². The summed E-state index contributed by atoms with van der Waals surface area (Å²) in [6.45, 7) is 2.75. The van der Waals surface area contributed by atoms with Crippen molar-refractivity contribution in [1.82, 2.24) is 14.1 Å². The Balaban J connectivity index is 1.58. The highest BCUT2D eigenvalue weighted by Crippen LogP contribution is 2.30. The molecule has 2 aromatic heterocycles. The summed E-state index contributed by atoms with van der Waals surface area (Å²) in [5.41, 5.74) is 2.35. The van der Waals surface area contributed by atoms with E-state index in [1.807, 2.05) is 43.3 Å². The second kappa shape index (κ2) is 7.41. The number of halogens is 1. The average molecular weight is 415 g/mol. The standard InChI is InChI=1S/C20H19ClN4O2S/c1-3-24(19-22-14-12-13(21)8-9-17(14)28-19)18(26)10-11-25-16-7-5-4-6-15(16)23(2)20(25)27/h4-9,12H,3,10-11H2,1-2H3. The number of carbonyl (C=O) groups is 1. The van der Waals surface area contributed by atoms with Crippen LogP contribution in [0.4, 0.5) is 5.13 Å². The molecule has 0 radical (unpaired) electrons. The number of aryl methyl sites for hydroxylation is 2. The van der Waals surface area contributed by atoms with Crippen molar-refractivity contribution >= 4 is 55.2 Å². The van der Waals surface area contributed by atoms with Gasteiger partial charge < -0.3 is 0 Å². The molecule has 2 aromatic carbocycles. The highest BCUT2D eigenvalue weighted by atomic mass is 35.5. The van der Waals surface area contributed by atoms with Crippen molar-refractivity contribution in [2.75, 3.05) is 11.4 Å². The molecule has 4 rings (SSSR count). The maximum atomic E-state index is 12.9. The SMILES string of the molecule is CCN(C(=O)CCn1c(=O)n(C)c2ccccc21)c1nc2cc(Cl)ccc2s1.